The molecule has 138 valence electrons. The molecule has 0 unspecified atom stereocenters. The van der Waals surface area contributed by atoms with Gasteiger partial charge in [0.05, 0.1) is 5.41 Å². The predicted molar refractivity (Wildman–Crippen MR) is 109 cm³/mol. The lowest BCUT2D eigenvalue weighted by atomic mass is 9.73. The fraction of sp³-hybridized carbons (Fsp3) is 0.350. The summed E-state index contributed by atoms with van der Waals surface area (Å²) in [7, 11) is 1.84. The summed E-state index contributed by atoms with van der Waals surface area (Å²) in [6.45, 7) is 1.59. The van der Waals surface area contributed by atoms with Gasteiger partial charge < -0.3 is 9.64 Å². The van der Waals surface area contributed by atoms with Gasteiger partial charge in [0.2, 0.25) is 5.91 Å². The van der Waals surface area contributed by atoms with Gasteiger partial charge in [0.25, 0.3) is 0 Å². The fourth-order valence-electron chi connectivity index (χ4n) is 3.52. The summed E-state index contributed by atoms with van der Waals surface area (Å²) in [4.78, 5) is 15.3. The molecule has 0 atom stereocenters. The molecule has 1 fully saturated rings. The molecule has 1 saturated heterocycles. The Morgan fingerprint density at radius 1 is 1.19 bits per heavy atom. The van der Waals surface area contributed by atoms with Crippen LogP contribution in [-0.4, -0.2) is 31.1 Å². The summed E-state index contributed by atoms with van der Waals surface area (Å²) in [5, 5.41) is 1.09. The van der Waals surface area contributed by atoms with Gasteiger partial charge in [0, 0.05) is 41.3 Å². The molecule has 26 heavy (non-hydrogen) atoms. The number of amides is 1. The highest BCUT2D eigenvalue weighted by molar-refractivity contribution is 9.10. The van der Waals surface area contributed by atoms with Crippen molar-refractivity contribution in [2.24, 2.45) is 0 Å². The Balaban J connectivity index is 1.94. The van der Waals surface area contributed by atoms with E-state index in [1.165, 1.54) is 0 Å². The number of benzene rings is 2. The van der Waals surface area contributed by atoms with Gasteiger partial charge in [-0.15, -0.1) is 0 Å². The molecule has 1 amide bonds. The van der Waals surface area contributed by atoms with Crippen LogP contribution in [0.2, 0.25) is 10.0 Å². The summed E-state index contributed by atoms with van der Waals surface area (Å²) >= 11 is 16.1. The monoisotopic (exact) mass is 455 g/mol. The first kappa shape index (κ1) is 19.7. The standard InChI is InChI=1S/C20H20BrCl2NO2/c1-24(13-14-4-2-3-5-17(14)21)19(25)20(8-10-26-11-9-20)16-7-6-15(22)12-18(16)23/h2-7,12H,8-11,13H2,1H3. The first-order valence-electron chi connectivity index (χ1n) is 8.46. The van der Waals surface area contributed by atoms with E-state index in [-0.39, 0.29) is 5.91 Å². The minimum atomic E-state index is -0.685. The Kier molecular flexibility index (Phi) is 6.29. The van der Waals surface area contributed by atoms with Crippen molar-refractivity contribution in [1.82, 2.24) is 4.90 Å². The molecule has 3 nitrogen and oxygen atoms in total. The Morgan fingerprint density at radius 3 is 2.54 bits per heavy atom. The molecule has 0 saturated carbocycles. The fourth-order valence-corrected chi connectivity index (χ4v) is 4.51. The van der Waals surface area contributed by atoms with E-state index in [0.717, 1.165) is 15.6 Å². The van der Waals surface area contributed by atoms with Gasteiger partial charge in [0.1, 0.15) is 0 Å². The van der Waals surface area contributed by atoms with Gasteiger partial charge in [-0.2, -0.15) is 0 Å². The maximum atomic E-state index is 13.5. The number of halogens is 3. The Labute approximate surface area is 172 Å². The molecular formula is C20H20BrCl2NO2. The first-order chi connectivity index (χ1) is 12.4. The van der Waals surface area contributed by atoms with E-state index in [9.17, 15) is 4.79 Å². The minimum absolute atomic E-state index is 0.0563. The Hall–Kier alpha value is -1.07. The average molecular weight is 457 g/mol. The van der Waals surface area contributed by atoms with Crippen LogP contribution in [0.25, 0.3) is 0 Å². The number of likely N-dealkylation sites (N-methyl/N-ethyl adjacent to an activating group) is 1. The summed E-state index contributed by atoms with van der Waals surface area (Å²) < 4.78 is 6.52. The van der Waals surface area contributed by atoms with Crippen LogP contribution in [0.4, 0.5) is 0 Å². The molecule has 2 aromatic rings. The second kappa shape index (κ2) is 8.30. The molecule has 6 heteroatoms. The van der Waals surface area contributed by atoms with Gasteiger partial charge in [0.15, 0.2) is 0 Å². The number of carbonyl (C=O) groups is 1. The van der Waals surface area contributed by atoms with E-state index >= 15 is 0 Å². The van der Waals surface area contributed by atoms with Crippen LogP contribution in [0, 0.1) is 0 Å². The summed E-state index contributed by atoms with van der Waals surface area (Å²) in [6.07, 6.45) is 1.21. The lowest BCUT2D eigenvalue weighted by molar-refractivity contribution is -0.140. The SMILES string of the molecule is CN(Cc1ccccc1Br)C(=O)C1(c2ccc(Cl)cc2Cl)CCOCC1. The van der Waals surface area contributed by atoms with Crippen LogP contribution < -0.4 is 0 Å². The largest absolute Gasteiger partial charge is 0.381 e. The molecule has 1 aliphatic heterocycles. The van der Waals surface area contributed by atoms with E-state index in [4.69, 9.17) is 27.9 Å². The van der Waals surface area contributed by atoms with Crippen molar-refractivity contribution >= 4 is 45.0 Å². The normalized spacial score (nSPS) is 16.3. The predicted octanol–water partition coefficient (Wildman–Crippen LogP) is 5.46. The third kappa shape index (κ3) is 3.94. The lowest BCUT2D eigenvalue weighted by Gasteiger charge is -2.39. The number of hydrogen-bond acceptors (Lipinski definition) is 2. The highest BCUT2D eigenvalue weighted by Gasteiger charge is 2.44. The van der Waals surface area contributed by atoms with E-state index in [0.29, 0.717) is 42.6 Å². The molecular weight excluding hydrogens is 437 g/mol. The van der Waals surface area contributed by atoms with Crippen molar-refractivity contribution < 1.29 is 9.53 Å². The number of carbonyl (C=O) groups excluding carboxylic acids is 1. The van der Waals surface area contributed by atoms with Crippen molar-refractivity contribution in [2.75, 3.05) is 20.3 Å². The first-order valence-corrected chi connectivity index (χ1v) is 10.0. The third-order valence-electron chi connectivity index (χ3n) is 4.91. The number of nitrogens with zero attached hydrogens (tertiary/aromatic N) is 1. The van der Waals surface area contributed by atoms with Crippen molar-refractivity contribution in [3.05, 3.63) is 68.1 Å². The molecule has 0 aromatic heterocycles. The maximum Gasteiger partial charge on any atom is 0.233 e. The zero-order valence-corrected chi connectivity index (χ0v) is 17.6. The van der Waals surface area contributed by atoms with Gasteiger partial charge in [-0.05, 0) is 42.2 Å². The summed E-state index contributed by atoms with van der Waals surface area (Å²) in [5.41, 5.74) is 1.21. The minimum Gasteiger partial charge on any atom is -0.381 e. The van der Waals surface area contributed by atoms with Crippen LogP contribution in [0.3, 0.4) is 0 Å². The van der Waals surface area contributed by atoms with E-state index in [1.54, 1.807) is 17.0 Å². The van der Waals surface area contributed by atoms with Crippen LogP contribution in [-0.2, 0) is 21.5 Å². The zero-order valence-electron chi connectivity index (χ0n) is 14.5. The third-order valence-corrected chi connectivity index (χ3v) is 6.24. The molecule has 1 heterocycles. The zero-order chi connectivity index (χ0) is 18.7. The van der Waals surface area contributed by atoms with E-state index in [2.05, 4.69) is 15.9 Å². The molecule has 0 aliphatic carbocycles. The summed E-state index contributed by atoms with van der Waals surface area (Å²) in [6, 6.07) is 13.3. The van der Waals surface area contributed by atoms with Gasteiger partial charge in [-0.3, -0.25) is 4.79 Å². The molecule has 1 aliphatic rings. The van der Waals surface area contributed by atoms with Crippen LogP contribution in [0.5, 0.6) is 0 Å². The quantitative estimate of drug-likeness (QED) is 0.610. The molecule has 2 aromatic carbocycles. The van der Waals surface area contributed by atoms with Crippen molar-refractivity contribution in [2.45, 2.75) is 24.8 Å². The van der Waals surface area contributed by atoms with E-state index in [1.807, 2.05) is 37.4 Å². The molecule has 0 spiro atoms. The molecule has 3 rings (SSSR count). The molecule has 0 radical (unpaired) electrons. The Bertz CT molecular complexity index is 806. The van der Waals surface area contributed by atoms with Gasteiger partial charge in [-0.1, -0.05) is 63.4 Å². The average Bonchev–Trinajstić information content (AvgIpc) is 2.63. The Morgan fingerprint density at radius 2 is 1.88 bits per heavy atom. The number of ether oxygens (including phenoxy) is 1. The smallest absolute Gasteiger partial charge is 0.233 e. The van der Waals surface area contributed by atoms with Crippen LogP contribution >= 0.6 is 39.1 Å². The molecule has 0 bridgehead atoms. The van der Waals surface area contributed by atoms with E-state index < -0.39 is 5.41 Å². The van der Waals surface area contributed by atoms with Crippen LogP contribution in [0.15, 0.2) is 46.9 Å². The second-order valence-corrected chi connectivity index (χ2v) is 8.27. The summed E-state index contributed by atoms with van der Waals surface area (Å²) in [5.74, 6) is 0.0563. The number of rotatable bonds is 4. The highest BCUT2D eigenvalue weighted by atomic mass is 79.9. The van der Waals surface area contributed by atoms with Crippen LogP contribution in [0.1, 0.15) is 24.0 Å². The maximum absolute atomic E-state index is 13.5. The number of hydrogen-bond donors (Lipinski definition) is 0. The second-order valence-electron chi connectivity index (χ2n) is 6.57. The topological polar surface area (TPSA) is 29.5 Å². The van der Waals surface area contributed by atoms with Crippen molar-refractivity contribution in [3.63, 3.8) is 0 Å². The highest BCUT2D eigenvalue weighted by Crippen LogP contribution is 2.41. The lowest BCUT2D eigenvalue weighted by Crippen LogP contribution is -2.48. The van der Waals surface area contributed by atoms with Crippen molar-refractivity contribution in [3.8, 4) is 0 Å². The van der Waals surface area contributed by atoms with Gasteiger partial charge >= 0.3 is 0 Å². The van der Waals surface area contributed by atoms with Gasteiger partial charge in [-0.25, -0.2) is 0 Å². The van der Waals surface area contributed by atoms with Crippen molar-refractivity contribution in [1.29, 1.82) is 0 Å². The molecule has 0 N–H and O–H groups in total.